The molecular formula is C126H74O3. The Labute approximate surface area is 742 Å². The van der Waals surface area contributed by atoms with Crippen LogP contribution in [0.15, 0.2) is 462 Å². The minimum absolute atomic E-state index is 0.843. The predicted octanol–water partition coefficient (Wildman–Crippen LogP) is 36.1. The fourth-order valence-electron chi connectivity index (χ4n) is 21.9. The summed E-state index contributed by atoms with van der Waals surface area (Å²) in [5, 5.41) is 27.9. The van der Waals surface area contributed by atoms with E-state index in [0.29, 0.717) is 0 Å². The Bertz CT molecular complexity index is 9300. The van der Waals surface area contributed by atoms with E-state index in [9.17, 15) is 0 Å². The van der Waals surface area contributed by atoms with Crippen molar-refractivity contribution in [2.75, 3.05) is 0 Å². The van der Waals surface area contributed by atoms with Gasteiger partial charge in [0.05, 0.1) is 0 Å². The van der Waals surface area contributed by atoms with Crippen LogP contribution in [0, 0.1) is 0 Å². The number of hydrogen-bond donors (Lipinski definition) is 0. The van der Waals surface area contributed by atoms with Crippen LogP contribution in [0.1, 0.15) is 0 Å². The summed E-state index contributed by atoms with van der Waals surface area (Å²) < 4.78 is 21.2. The van der Waals surface area contributed by atoms with E-state index in [0.717, 1.165) is 138 Å². The first-order chi connectivity index (χ1) is 64.0. The van der Waals surface area contributed by atoms with Gasteiger partial charge in [0.1, 0.15) is 33.5 Å². The van der Waals surface area contributed by atoms with E-state index in [1.54, 1.807) is 0 Å². The molecule has 0 spiro atoms. The fraction of sp³-hybridized carbons (Fsp3) is 0. The predicted molar refractivity (Wildman–Crippen MR) is 546 cm³/mol. The Kier molecular flexibility index (Phi) is 16.2. The van der Waals surface area contributed by atoms with Gasteiger partial charge in [0.2, 0.25) is 0 Å². The van der Waals surface area contributed by atoms with Crippen molar-refractivity contribution >= 4 is 163 Å². The molecule has 0 fully saturated rings. The van der Waals surface area contributed by atoms with E-state index < -0.39 is 0 Å². The SMILES string of the molecule is c1cc(-c2ccc3ccccc3c2)cc(-c2c3ccccc3c(-c3cccc4c3oc3ccc(-c5cccc6ccc(-c7ccccc7-c7c8ccccc8c(-c8cccc9c8oc8ccc(-c%10ccc%11cccc(-c%12ccccc%12-c%12c%13ccccc%13c(-c%13cccc%14c%13oc%13ccccc%13%14)c%13ccccc%12%13)c%11c%10)cc89)c8ccccc78)cc56)cc34)c3ccccc23)c1. The molecule has 596 valence electrons. The van der Waals surface area contributed by atoms with Gasteiger partial charge in [-0.05, 0) is 241 Å². The van der Waals surface area contributed by atoms with Crippen molar-refractivity contribution in [1.29, 1.82) is 0 Å². The number of benzene rings is 24. The monoisotopic (exact) mass is 1630 g/mol. The van der Waals surface area contributed by atoms with E-state index in [-0.39, 0.29) is 0 Å². The molecule has 0 aliphatic heterocycles. The third-order valence-electron chi connectivity index (χ3n) is 27.6. The zero-order valence-corrected chi connectivity index (χ0v) is 69.9. The Morgan fingerprint density at radius 3 is 0.891 bits per heavy atom. The molecule has 0 N–H and O–H groups in total. The van der Waals surface area contributed by atoms with Gasteiger partial charge in [-0.15, -0.1) is 0 Å². The number of hydrogen-bond acceptors (Lipinski definition) is 3. The largest absolute Gasteiger partial charge is 0.455 e. The molecule has 0 bridgehead atoms. The lowest BCUT2D eigenvalue weighted by molar-refractivity contribution is 0.670. The van der Waals surface area contributed by atoms with E-state index in [2.05, 4.69) is 449 Å². The summed E-state index contributed by atoms with van der Waals surface area (Å²) in [6.07, 6.45) is 0. The lowest BCUT2D eigenvalue weighted by atomic mass is 9.83. The number of fused-ring (bicyclic) bond motifs is 18. The highest BCUT2D eigenvalue weighted by atomic mass is 16.3. The number of rotatable bonds is 11. The molecule has 0 aliphatic carbocycles. The van der Waals surface area contributed by atoms with Crippen LogP contribution in [0.2, 0.25) is 0 Å². The van der Waals surface area contributed by atoms with Crippen molar-refractivity contribution in [2.24, 2.45) is 0 Å². The minimum atomic E-state index is 0.843. The summed E-state index contributed by atoms with van der Waals surface area (Å²) >= 11 is 0. The van der Waals surface area contributed by atoms with E-state index in [1.807, 2.05) is 0 Å². The molecule has 0 saturated heterocycles. The third kappa shape index (κ3) is 11.3. The smallest absolute Gasteiger partial charge is 0.143 e. The summed E-state index contributed by atoms with van der Waals surface area (Å²) in [6, 6.07) is 165. The second-order valence-electron chi connectivity index (χ2n) is 34.5. The minimum Gasteiger partial charge on any atom is -0.455 e. The molecule has 0 unspecified atom stereocenters. The van der Waals surface area contributed by atoms with Crippen LogP contribution in [0.5, 0.6) is 0 Å². The highest BCUT2D eigenvalue weighted by Crippen LogP contribution is 2.54. The molecule has 24 aromatic carbocycles. The Morgan fingerprint density at radius 2 is 0.380 bits per heavy atom. The van der Waals surface area contributed by atoms with Crippen molar-refractivity contribution in [1.82, 2.24) is 0 Å². The van der Waals surface area contributed by atoms with Crippen LogP contribution in [-0.2, 0) is 0 Å². The molecule has 3 heterocycles. The molecule has 0 saturated carbocycles. The van der Waals surface area contributed by atoms with E-state index in [4.69, 9.17) is 13.3 Å². The Hall–Kier alpha value is -17.0. The highest BCUT2D eigenvalue weighted by molar-refractivity contribution is 6.29. The standard InChI is InChI=1S/C126H74O3/c1-2-28-78-69-80(62-59-75(78)27-1)79-31-21-32-85(70-79)118-93-38-7-9-40-95(93)121(96-41-10-8-39-94(96)118)109-56-26-54-107-114-74-84(66-68-117(114)129-126(107)109)87-50-22-29-76-61-64-83(73-111(76)87)86-33-3-5-36-91(86)119-97-42-11-15-46-101(97)123(102-47-16-12-43-98(102)119)110-57-25-53-106-113-72-82(65-67-116(113)128-125(106)110)81-63-60-77-30-23-51-89(112(77)71-81)88-34-4-6-37-92(88)120-99-44-13-17-48-103(99)122(104-49-18-14-45-100(104)120)108-55-24-52-105-90-35-19-20-58-115(90)127-124(105)108/h1-74H. The Balaban J connectivity index is 0.538. The van der Waals surface area contributed by atoms with Gasteiger partial charge in [0.25, 0.3) is 0 Å². The molecule has 27 aromatic rings. The van der Waals surface area contributed by atoms with Crippen LogP contribution in [0.25, 0.3) is 285 Å². The van der Waals surface area contributed by atoms with Gasteiger partial charge >= 0.3 is 0 Å². The third-order valence-corrected chi connectivity index (χ3v) is 27.6. The van der Waals surface area contributed by atoms with Crippen molar-refractivity contribution in [2.45, 2.75) is 0 Å². The molecule has 0 radical (unpaired) electrons. The molecule has 129 heavy (non-hydrogen) atoms. The van der Waals surface area contributed by atoms with Crippen LogP contribution in [-0.4, -0.2) is 0 Å². The van der Waals surface area contributed by atoms with Gasteiger partial charge < -0.3 is 13.3 Å². The van der Waals surface area contributed by atoms with E-state index >= 15 is 0 Å². The van der Waals surface area contributed by atoms with Gasteiger partial charge in [-0.1, -0.05) is 394 Å². The summed E-state index contributed by atoms with van der Waals surface area (Å²) in [6.45, 7) is 0. The van der Waals surface area contributed by atoms with Crippen LogP contribution in [0.4, 0.5) is 0 Å². The molecular weight excluding hydrogens is 1560 g/mol. The van der Waals surface area contributed by atoms with Gasteiger partial charge in [0.15, 0.2) is 0 Å². The van der Waals surface area contributed by atoms with Crippen LogP contribution < -0.4 is 0 Å². The van der Waals surface area contributed by atoms with Gasteiger partial charge in [-0.25, -0.2) is 0 Å². The van der Waals surface area contributed by atoms with Crippen LogP contribution in [0.3, 0.4) is 0 Å². The maximum absolute atomic E-state index is 7.23. The molecule has 3 nitrogen and oxygen atoms in total. The topological polar surface area (TPSA) is 39.4 Å². The zero-order chi connectivity index (χ0) is 84.5. The highest BCUT2D eigenvalue weighted by Gasteiger charge is 2.28. The van der Waals surface area contributed by atoms with Crippen molar-refractivity contribution in [3.05, 3.63) is 449 Å². The fourth-order valence-corrected chi connectivity index (χ4v) is 21.9. The van der Waals surface area contributed by atoms with E-state index in [1.165, 1.54) is 147 Å². The molecule has 0 aliphatic rings. The van der Waals surface area contributed by atoms with Crippen molar-refractivity contribution < 1.29 is 13.3 Å². The average Bonchev–Trinajstić information content (AvgIpc) is 1.72. The van der Waals surface area contributed by atoms with Crippen molar-refractivity contribution in [3.8, 4) is 122 Å². The molecule has 3 heteroatoms. The second-order valence-corrected chi connectivity index (χ2v) is 34.5. The number of para-hydroxylation sites is 4. The molecule has 27 rings (SSSR count). The zero-order valence-electron chi connectivity index (χ0n) is 69.9. The second kappa shape index (κ2) is 28.8. The van der Waals surface area contributed by atoms with Crippen LogP contribution >= 0.6 is 0 Å². The molecule has 0 atom stereocenters. The first kappa shape index (κ1) is 72.5. The first-order valence-corrected chi connectivity index (χ1v) is 44.5. The molecule has 0 amide bonds. The summed E-state index contributed by atoms with van der Waals surface area (Å²) in [5.74, 6) is 0. The van der Waals surface area contributed by atoms with Crippen molar-refractivity contribution in [3.63, 3.8) is 0 Å². The lowest BCUT2D eigenvalue weighted by Gasteiger charge is -2.20. The maximum atomic E-state index is 7.23. The normalized spacial score (nSPS) is 12.0. The number of furan rings is 3. The average molecular weight is 1640 g/mol. The maximum Gasteiger partial charge on any atom is 0.143 e. The van der Waals surface area contributed by atoms with Gasteiger partial charge in [0, 0.05) is 65.7 Å². The summed E-state index contributed by atoms with van der Waals surface area (Å²) in [4.78, 5) is 0. The molecule has 3 aromatic heterocycles. The summed E-state index contributed by atoms with van der Waals surface area (Å²) in [5.41, 5.74) is 30.6. The first-order valence-electron chi connectivity index (χ1n) is 44.5. The summed E-state index contributed by atoms with van der Waals surface area (Å²) in [7, 11) is 0. The van der Waals surface area contributed by atoms with Gasteiger partial charge in [-0.3, -0.25) is 0 Å². The Morgan fingerprint density at radius 1 is 0.109 bits per heavy atom. The lowest BCUT2D eigenvalue weighted by Crippen LogP contribution is -1.93. The quantitative estimate of drug-likeness (QED) is 0.121. The van der Waals surface area contributed by atoms with Gasteiger partial charge in [-0.2, -0.15) is 0 Å².